The summed E-state index contributed by atoms with van der Waals surface area (Å²) in [5.74, 6) is -0.358. The number of halogens is 3. The molecule has 128 valence electrons. The highest BCUT2D eigenvalue weighted by Gasteiger charge is 2.30. The topological polar surface area (TPSA) is 98.5 Å². The minimum atomic E-state index is -4.64. The van der Waals surface area contributed by atoms with Crippen molar-refractivity contribution in [3.05, 3.63) is 64.2 Å². The molecule has 2 aromatic rings. The highest BCUT2D eigenvalue weighted by Crippen LogP contribution is 2.31. The van der Waals surface area contributed by atoms with E-state index in [2.05, 4.69) is 4.18 Å². The fourth-order valence-corrected chi connectivity index (χ4v) is 2.51. The van der Waals surface area contributed by atoms with E-state index in [4.69, 9.17) is 0 Å². The summed E-state index contributed by atoms with van der Waals surface area (Å²) in [6.07, 6.45) is -4.64. The summed E-state index contributed by atoms with van der Waals surface area (Å²) in [5, 5.41) is 10.6. The molecule has 0 fully saturated rings. The van der Waals surface area contributed by atoms with Crippen LogP contribution in [0, 0.1) is 10.1 Å². The Morgan fingerprint density at radius 3 is 2.38 bits per heavy atom. The average molecular weight is 362 g/mol. The number of nitrogens with zero attached hydrogens (tertiary/aromatic N) is 1. The van der Waals surface area contributed by atoms with Crippen molar-refractivity contribution in [1.82, 2.24) is 0 Å². The Morgan fingerprint density at radius 1 is 1.08 bits per heavy atom. The lowest BCUT2D eigenvalue weighted by Crippen LogP contribution is -2.19. The molecule has 0 atom stereocenters. The number of hydrogen-bond donors (Lipinski definition) is 1. The first-order valence-electron chi connectivity index (χ1n) is 6.21. The number of nitro groups is 1. The number of rotatable bonds is 5. The number of non-ortho nitro benzene ring substituents is 1. The number of alkyl halides is 3. The maximum atomic E-state index is 12.6. The van der Waals surface area contributed by atoms with Gasteiger partial charge < -0.3 is 4.18 Å². The van der Waals surface area contributed by atoms with Gasteiger partial charge in [-0.3, -0.25) is 14.8 Å². The maximum Gasteiger partial charge on any atom is 0.416 e. The Kier molecular flexibility index (Phi) is 4.64. The van der Waals surface area contributed by atoms with E-state index >= 15 is 0 Å². The molecule has 0 heterocycles. The van der Waals surface area contributed by atoms with E-state index in [9.17, 15) is 31.7 Å². The van der Waals surface area contributed by atoms with Crippen LogP contribution in [0.3, 0.4) is 0 Å². The van der Waals surface area contributed by atoms with Crippen molar-refractivity contribution in [2.75, 3.05) is 4.72 Å². The number of anilines is 1. The van der Waals surface area contributed by atoms with Crippen molar-refractivity contribution in [3.8, 4) is 5.75 Å². The number of hydrogen-bond acceptors (Lipinski definition) is 5. The van der Waals surface area contributed by atoms with Crippen LogP contribution in [0.25, 0.3) is 0 Å². The molecular weight excluding hydrogens is 353 g/mol. The van der Waals surface area contributed by atoms with Crippen molar-refractivity contribution >= 4 is 21.7 Å². The monoisotopic (exact) mass is 362 g/mol. The summed E-state index contributed by atoms with van der Waals surface area (Å²) in [7, 11) is -4.53. The molecule has 0 amide bonds. The van der Waals surface area contributed by atoms with Crippen LogP contribution in [-0.4, -0.2) is 13.3 Å². The van der Waals surface area contributed by atoms with E-state index in [1.54, 1.807) is 0 Å². The minimum absolute atomic E-state index is 0.358. The summed E-state index contributed by atoms with van der Waals surface area (Å²) in [5.41, 5.74) is -1.81. The molecule has 0 spiro atoms. The van der Waals surface area contributed by atoms with Gasteiger partial charge >= 0.3 is 16.5 Å². The Bertz CT molecular complexity index is 868. The number of nitro benzene ring substituents is 1. The van der Waals surface area contributed by atoms with Crippen molar-refractivity contribution in [2.45, 2.75) is 6.18 Å². The van der Waals surface area contributed by atoms with Crippen LogP contribution in [0.4, 0.5) is 24.5 Å². The van der Waals surface area contributed by atoms with E-state index < -0.39 is 32.7 Å². The maximum absolute atomic E-state index is 12.6. The fraction of sp³-hybridized carbons (Fsp3) is 0.0769. The second kappa shape index (κ2) is 6.35. The predicted octanol–water partition coefficient (Wildman–Crippen LogP) is 3.35. The number of benzene rings is 2. The van der Waals surface area contributed by atoms with Crippen LogP contribution in [-0.2, 0) is 16.5 Å². The molecule has 0 radical (unpaired) electrons. The van der Waals surface area contributed by atoms with Crippen molar-refractivity contribution in [1.29, 1.82) is 0 Å². The summed E-state index contributed by atoms with van der Waals surface area (Å²) >= 11 is 0. The van der Waals surface area contributed by atoms with Gasteiger partial charge in [-0.25, -0.2) is 0 Å². The van der Waals surface area contributed by atoms with Crippen molar-refractivity contribution in [3.63, 3.8) is 0 Å². The molecule has 7 nitrogen and oxygen atoms in total. The van der Waals surface area contributed by atoms with Gasteiger partial charge in [0.05, 0.1) is 22.2 Å². The van der Waals surface area contributed by atoms with Crippen LogP contribution in [0.1, 0.15) is 5.56 Å². The van der Waals surface area contributed by atoms with Crippen LogP contribution >= 0.6 is 0 Å². The molecule has 0 bridgehead atoms. The standard InChI is InChI=1S/C13H9F3N2O5S/c14-13(15,16)9-3-1-4-10(7-9)17-24(21,22)23-12-6-2-5-11(8-12)18(19)20/h1-8,17H. The zero-order valence-electron chi connectivity index (χ0n) is 11.6. The van der Waals surface area contributed by atoms with E-state index in [-0.39, 0.29) is 11.4 Å². The summed E-state index contributed by atoms with van der Waals surface area (Å²) in [6.45, 7) is 0. The molecule has 0 saturated carbocycles. The van der Waals surface area contributed by atoms with E-state index in [0.717, 1.165) is 36.4 Å². The quantitative estimate of drug-likeness (QED) is 0.650. The van der Waals surface area contributed by atoms with Gasteiger partial charge in [0, 0.05) is 6.07 Å². The molecule has 0 aliphatic heterocycles. The van der Waals surface area contributed by atoms with Crippen molar-refractivity contribution in [2.24, 2.45) is 0 Å². The van der Waals surface area contributed by atoms with Gasteiger partial charge in [-0.05, 0) is 24.3 Å². The SMILES string of the molecule is O=[N+]([O-])c1cccc(OS(=O)(=O)Nc2cccc(C(F)(F)F)c2)c1. The predicted molar refractivity (Wildman–Crippen MR) is 77.7 cm³/mol. The molecule has 11 heteroatoms. The highest BCUT2D eigenvalue weighted by molar-refractivity contribution is 7.88. The van der Waals surface area contributed by atoms with Gasteiger partial charge in [-0.2, -0.15) is 21.6 Å². The Morgan fingerprint density at radius 2 is 1.75 bits per heavy atom. The average Bonchev–Trinajstić information content (AvgIpc) is 2.45. The molecule has 0 aliphatic rings. The summed E-state index contributed by atoms with van der Waals surface area (Å²) < 4.78 is 67.8. The molecule has 24 heavy (non-hydrogen) atoms. The molecule has 0 aromatic heterocycles. The van der Waals surface area contributed by atoms with Gasteiger partial charge in [0.2, 0.25) is 0 Å². The first kappa shape index (κ1) is 17.5. The third kappa shape index (κ3) is 4.59. The largest absolute Gasteiger partial charge is 0.416 e. The van der Waals surface area contributed by atoms with Crippen LogP contribution < -0.4 is 8.91 Å². The normalized spacial score (nSPS) is 11.8. The zero-order chi connectivity index (χ0) is 18.0. The summed E-state index contributed by atoms with van der Waals surface area (Å²) in [6, 6.07) is 7.84. The van der Waals surface area contributed by atoms with Gasteiger partial charge in [0.25, 0.3) is 5.69 Å². The third-order valence-electron chi connectivity index (χ3n) is 2.67. The zero-order valence-corrected chi connectivity index (χ0v) is 12.5. The van der Waals surface area contributed by atoms with Gasteiger partial charge in [0.1, 0.15) is 0 Å². The lowest BCUT2D eigenvalue weighted by molar-refractivity contribution is -0.384. The molecule has 0 unspecified atom stereocenters. The molecule has 2 rings (SSSR count). The molecule has 0 aliphatic carbocycles. The molecule has 0 saturated heterocycles. The molecule has 1 N–H and O–H groups in total. The number of nitrogens with one attached hydrogen (secondary N) is 1. The second-order valence-corrected chi connectivity index (χ2v) is 5.75. The lowest BCUT2D eigenvalue weighted by Gasteiger charge is -2.11. The Balaban J connectivity index is 2.20. The van der Waals surface area contributed by atoms with E-state index in [1.165, 1.54) is 6.07 Å². The smallest absolute Gasteiger partial charge is 0.367 e. The van der Waals surface area contributed by atoms with Gasteiger partial charge in [-0.1, -0.05) is 12.1 Å². The molecule has 2 aromatic carbocycles. The molecular formula is C13H9F3N2O5S. The first-order chi connectivity index (χ1) is 11.1. The first-order valence-corrected chi connectivity index (χ1v) is 7.61. The van der Waals surface area contributed by atoms with Crippen LogP contribution in [0.2, 0.25) is 0 Å². The van der Waals surface area contributed by atoms with Crippen LogP contribution in [0.5, 0.6) is 5.75 Å². The highest BCUT2D eigenvalue weighted by atomic mass is 32.2. The third-order valence-corrected chi connectivity index (χ3v) is 3.56. The summed E-state index contributed by atoms with van der Waals surface area (Å²) in [4.78, 5) is 9.87. The van der Waals surface area contributed by atoms with Crippen LogP contribution in [0.15, 0.2) is 48.5 Å². The van der Waals surface area contributed by atoms with E-state index in [0.29, 0.717) is 6.07 Å². The fourth-order valence-electron chi connectivity index (χ4n) is 1.70. The lowest BCUT2D eigenvalue weighted by atomic mass is 10.2. The van der Waals surface area contributed by atoms with E-state index in [1.807, 2.05) is 4.72 Å². The minimum Gasteiger partial charge on any atom is -0.367 e. The second-order valence-electron chi connectivity index (χ2n) is 4.47. The Hall–Kier alpha value is -2.82. The Labute approximate surface area is 134 Å². The van der Waals surface area contributed by atoms with Gasteiger partial charge in [-0.15, -0.1) is 0 Å². The van der Waals surface area contributed by atoms with Gasteiger partial charge in [0.15, 0.2) is 5.75 Å². The van der Waals surface area contributed by atoms with Crippen molar-refractivity contribution < 1.29 is 30.7 Å².